The summed E-state index contributed by atoms with van der Waals surface area (Å²) in [6, 6.07) is 8.63. The van der Waals surface area contributed by atoms with Gasteiger partial charge in [-0.05, 0) is 0 Å². The van der Waals surface area contributed by atoms with Crippen molar-refractivity contribution in [2.24, 2.45) is 5.16 Å². The van der Waals surface area contributed by atoms with Gasteiger partial charge in [0.15, 0.2) is 0 Å². The summed E-state index contributed by atoms with van der Waals surface area (Å²) in [4.78, 5) is 0. The largest absolute Gasteiger partial charge is 0.411 e. The second-order valence-corrected chi connectivity index (χ2v) is 5.76. The number of ether oxygens (including phenoxy) is 1. The molecule has 0 aliphatic heterocycles. The fourth-order valence-corrected chi connectivity index (χ4v) is 3.26. The first-order chi connectivity index (χ1) is 8.60. The zero-order valence-electron chi connectivity index (χ0n) is 10.4. The predicted octanol–water partition coefficient (Wildman–Crippen LogP) is 2.43. The lowest BCUT2D eigenvalue weighted by molar-refractivity contribution is 0.0806. The smallest absolute Gasteiger partial charge is 0.372 e. The highest BCUT2D eigenvalue weighted by Crippen LogP contribution is 2.63. The lowest BCUT2D eigenvalue weighted by atomic mass is 10.1. The normalized spacial score (nSPS) is 15.7. The Labute approximate surface area is 106 Å². The molecule has 1 N–H and O–H groups in total. The minimum atomic E-state index is -3.69. The summed E-state index contributed by atoms with van der Waals surface area (Å²) < 4.78 is 27.8. The van der Waals surface area contributed by atoms with Crippen molar-refractivity contribution in [1.29, 1.82) is 0 Å². The van der Waals surface area contributed by atoms with Crippen molar-refractivity contribution in [1.82, 2.24) is 0 Å². The van der Waals surface area contributed by atoms with Crippen LogP contribution in [0.5, 0.6) is 0 Å². The molecule has 0 aliphatic carbocycles. The molecule has 0 fully saturated rings. The first-order valence-corrected chi connectivity index (χ1v) is 6.65. The van der Waals surface area contributed by atoms with Gasteiger partial charge in [0.05, 0.1) is 6.21 Å². The SMILES string of the molecule is COC(/C=N/O)(c1ccccc1)P(=O)(OC)OC. The van der Waals surface area contributed by atoms with Crippen LogP contribution in [0.2, 0.25) is 0 Å². The Morgan fingerprint density at radius 2 is 1.78 bits per heavy atom. The van der Waals surface area contributed by atoms with Crippen LogP contribution in [0, 0.1) is 0 Å². The molecule has 0 radical (unpaired) electrons. The first-order valence-electron chi connectivity index (χ1n) is 5.11. The van der Waals surface area contributed by atoms with Crippen molar-refractivity contribution in [2.45, 2.75) is 5.34 Å². The van der Waals surface area contributed by atoms with Gasteiger partial charge in [0.25, 0.3) is 0 Å². The van der Waals surface area contributed by atoms with Crippen LogP contribution in [0.3, 0.4) is 0 Å². The van der Waals surface area contributed by atoms with Gasteiger partial charge in [-0.15, -0.1) is 0 Å². The highest BCUT2D eigenvalue weighted by atomic mass is 31.2. The predicted molar refractivity (Wildman–Crippen MR) is 67.0 cm³/mol. The average molecular weight is 273 g/mol. The summed E-state index contributed by atoms with van der Waals surface area (Å²) in [5.74, 6) is 0. The van der Waals surface area contributed by atoms with E-state index in [0.29, 0.717) is 5.56 Å². The van der Waals surface area contributed by atoms with Crippen molar-refractivity contribution >= 4 is 13.8 Å². The van der Waals surface area contributed by atoms with Crippen molar-refractivity contribution in [2.75, 3.05) is 21.3 Å². The number of benzene rings is 1. The van der Waals surface area contributed by atoms with Gasteiger partial charge in [-0.2, -0.15) is 0 Å². The fraction of sp³-hybridized carbons (Fsp3) is 0.364. The number of methoxy groups -OCH3 is 1. The minimum Gasteiger partial charge on any atom is -0.411 e. The van der Waals surface area contributed by atoms with Crippen molar-refractivity contribution < 1.29 is 23.6 Å². The standard InChI is InChI=1S/C11H16NO5P/c1-15-11(9-12-13,18(14,16-2)17-3)10-7-5-4-6-8-10/h4-9,13H,1-3H3/b12-9+. The topological polar surface area (TPSA) is 77.4 Å². The first kappa shape index (κ1) is 14.9. The van der Waals surface area contributed by atoms with Gasteiger partial charge >= 0.3 is 7.60 Å². The number of oxime groups is 1. The Kier molecular flexibility index (Phi) is 5.04. The second kappa shape index (κ2) is 6.11. The zero-order valence-corrected chi connectivity index (χ0v) is 11.3. The number of nitrogens with zero attached hydrogens (tertiary/aromatic N) is 1. The summed E-state index contributed by atoms with van der Waals surface area (Å²) in [5, 5.41) is 10.2. The number of rotatable bonds is 6. The summed E-state index contributed by atoms with van der Waals surface area (Å²) in [5.41, 5.74) is 0.498. The molecule has 0 aliphatic rings. The van der Waals surface area contributed by atoms with Crippen molar-refractivity contribution in [3.8, 4) is 0 Å². The van der Waals surface area contributed by atoms with E-state index in [0.717, 1.165) is 6.21 Å². The maximum atomic E-state index is 12.6. The van der Waals surface area contributed by atoms with Crippen LogP contribution < -0.4 is 0 Å². The number of hydrogen-bond donors (Lipinski definition) is 1. The Balaban J connectivity index is 3.49. The molecule has 1 unspecified atom stereocenters. The third-order valence-corrected chi connectivity index (χ3v) is 4.95. The second-order valence-electron chi connectivity index (χ2n) is 3.37. The van der Waals surface area contributed by atoms with E-state index in [4.69, 9.17) is 19.0 Å². The number of hydrogen-bond acceptors (Lipinski definition) is 6. The van der Waals surface area contributed by atoms with Gasteiger partial charge in [-0.25, -0.2) is 0 Å². The summed E-state index contributed by atoms with van der Waals surface area (Å²) in [7, 11) is 0.125. The van der Waals surface area contributed by atoms with E-state index in [2.05, 4.69) is 5.16 Å². The Hall–Kier alpha value is -1.20. The van der Waals surface area contributed by atoms with Crippen molar-refractivity contribution in [3.63, 3.8) is 0 Å². The van der Waals surface area contributed by atoms with Gasteiger partial charge in [0, 0.05) is 26.9 Å². The lowest BCUT2D eigenvalue weighted by Gasteiger charge is -2.33. The van der Waals surface area contributed by atoms with Crippen LogP contribution in [-0.2, 0) is 23.7 Å². The van der Waals surface area contributed by atoms with E-state index >= 15 is 0 Å². The summed E-state index contributed by atoms with van der Waals surface area (Å²) >= 11 is 0. The maximum Gasteiger partial charge on any atom is 0.372 e. The fourth-order valence-electron chi connectivity index (χ4n) is 1.69. The summed E-state index contributed by atoms with van der Waals surface area (Å²) in [6.07, 6.45) is 0.996. The maximum absolute atomic E-state index is 12.6. The van der Waals surface area contributed by atoms with Crippen molar-refractivity contribution in [3.05, 3.63) is 35.9 Å². The molecule has 0 bridgehead atoms. The molecule has 100 valence electrons. The van der Waals surface area contributed by atoms with Crippen LogP contribution >= 0.6 is 7.60 Å². The van der Waals surface area contributed by atoms with Gasteiger partial charge in [0.2, 0.25) is 5.34 Å². The minimum absolute atomic E-state index is 0.498. The molecule has 0 amide bonds. The Bertz CT molecular complexity index is 442. The van der Waals surface area contributed by atoms with E-state index < -0.39 is 12.9 Å². The molecule has 0 spiro atoms. The van der Waals surface area contributed by atoms with Crippen LogP contribution in [0.25, 0.3) is 0 Å². The van der Waals surface area contributed by atoms with Crippen LogP contribution in [0.4, 0.5) is 0 Å². The quantitative estimate of drug-likeness (QED) is 0.373. The van der Waals surface area contributed by atoms with Crippen LogP contribution in [-0.4, -0.2) is 32.8 Å². The highest BCUT2D eigenvalue weighted by molar-refractivity contribution is 7.56. The third kappa shape index (κ3) is 2.33. The van der Waals surface area contributed by atoms with Gasteiger partial charge in [-0.3, -0.25) is 4.57 Å². The molecule has 0 saturated carbocycles. The lowest BCUT2D eigenvalue weighted by Crippen LogP contribution is -2.31. The molecule has 0 saturated heterocycles. The molecule has 0 aromatic heterocycles. The van der Waals surface area contributed by atoms with Gasteiger partial charge in [0.1, 0.15) is 0 Å². The molecule has 6 nitrogen and oxygen atoms in total. The van der Waals surface area contributed by atoms with Gasteiger partial charge < -0.3 is 19.0 Å². The monoisotopic (exact) mass is 273 g/mol. The highest BCUT2D eigenvalue weighted by Gasteiger charge is 2.51. The molecular formula is C11H16NO5P. The van der Waals surface area contributed by atoms with E-state index in [1.54, 1.807) is 30.3 Å². The van der Waals surface area contributed by atoms with E-state index in [1.807, 2.05) is 0 Å². The Morgan fingerprint density at radius 1 is 1.22 bits per heavy atom. The van der Waals surface area contributed by atoms with Crippen LogP contribution in [0.15, 0.2) is 35.5 Å². The van der Waals surface area contributed by atoms with Gasteiger partial charge in [-0.1, -0.05) is 35.5 Å². The van der Waals surface area contributed by atoms with Crippen LogP contribution in [0.1, 0.15) is 5.56 Å². The Morgan fingerprint density at radius 3 is 2.17 bits per heavy atom. The molecule has 18 heavy (non-hydrogen) atoms. The van der Waals surface area contributed by atoms with E-state index in [9.17, 15) is 4.57 Å². The molecule has 1 rings (SSSR count). The molecule has 1 aromatic rings. The molecular weight excluding hydrogens is 257 g/mol. The molecule has 7 heteroatoms. The zero-order chi connectivity index (χ0) is 13.6. The molecule has 1 aromatic carbocycles. The van der Waals surface area contributed by atoms with E-state index in [1.165, 1.54) is 21.3 Å². The average Bonchev–Trinajstić information content (AvgIpc) is 2.45. The summed E-state index contributed by atoms with van der Waals surface area (Å²) in [6.45, 7) is 0. The molecule has 1 atom stereocenters. The van der Waals surface area contributed by atoms with E-state index in [-0.39, 0.29) is 0 Å². The molecule has 0 heterocycles. The third-order valence-electron chi connectivity index (χ3n) is 2.62.